The van der Waals surface area contributed by atoms with Crippen LogP contribution in [-0.4, -0.2) is 10.4 Å². The molecule has 1 aromatic rings. The van der Waals surface area contributed by atoms with E-state index < -0.39 is 0 Å². The summed E-state index contributed by atoms with van der Waals surface area (Å²) in [5.74, 6) is 1.53. The monoisotopic (exact) mass is 176 g/mol. The lowest BCUT2D eigenvalue weighted by Crippen LogP contribution is -2.23. The highest BCUT2D eigenvalue weighted by molar-refractivity contribution is 5.58. The Morgan fingerprint density at radius 3 is 2.54 bits per heavy atom. The molecule has 0 unspecified atom stereocenters. The molecule has 1 aromatic heterocycles. The number of nitriles is 1. The minimum absolute atomic E-state index is 0.861. The number of nitrogens with zero attached hydrogens (tertiary/aromatic N) is 4. The molecule has 0 aliphatic carbocycles. The van der Waals surface area contributed by atoms with Gasteiger partial charge in [-0.05, 0) is 6.92 Å². The van der Waals surface area contributed by atoms with Crippen LogP contribution in [0.3, 0.4) is 0 Å². The molecule has 0 bridgehead atoms. The lowest BCUT2D eigenvalue weighted by atomic mass is 10.7. The van der Waals surface area contributed by atoms with Crippen molar-refractivity contribution in [2.24, 2.45) is 7.05 Å². The molecule has 1 heterocycles. The van der Waals surface area contributed by atoms with Gasteiger partial charge in [0.1, 0.15) is 12.4 Å². The number of hydrogen-bond donors (Lipinski definition) is 0. The molecule has 0 atom stereocenters. The Kier molecular flexibility index (Phi) is 5.86. The van der Waals surface area contributed by atoms with Crippen molar-refractivity contribution in [3.63, 3.8) is 0 Å². The van der Waals surface area contributed by atoms with E-state index in [1.807, 2.05) is 17.8 Å². The second-order valence-corrected chi connectivity index (χ2v) is 2.31. The van der Waals surface area contributed by atoms with E-state index in [4.69, 9.17) is 10.7 Å². The van der Waals surface area contributed by atoms with Crippen molar-refractivity contribution in [3.8, 4) is 6.07 Å². The van der Waals surface area contributed by atoms with Gasteiger partial charge in [0.2, 0.25) is 6.33 Å². The minimum atomic E-state index is 0.861. The molecular formula is C9H12N4. The summed E-state index contributed by atoms with van der Waals surface area (Å²) in [6, 6.07) is 1.53. The number of allylic oxidation sites excluding steroid dienone is 1. The number of aromatic nitrogens is 2. The highest BCUT2D eigenvalue weighted by Crippen LogP contribution is 1.79. The third-order valence-electron chi connectivity index (χ3n) is 1.32. The number of rotatable bonds is 1. The molecule has 0 saturated carbocycles. The van der Waals surface area contributed by atoms with Crippen LogP contribution in [0.25, 0.3) is 5.41 Å². The largest absolute Gasteiger partial charge is 0.763 e. The van der Waals surface area contributed by atoms with E-state index in [9.17, 15) is 0 Å². The molecule has 1 rings (SSSR count). The van der Waals surface area contributed by atoms with Crippen LogP contribution in [0.2, 0.25) is 0 Å². The highest BCUT2D eigenvalue weighted by atomic mass is 15.1. The summed E-state index contributed by atoms with van der Waals surface area (Å²) in [6.07, 6.45) is 7.00. The molecule has 0 amide bonds. The first-order chi connectivity index (χ1) is 6.24. The van der Waals surface area contributed by atoms with E-state index in [0.29, 0.717) is 0 Å². The van der Waals surface area contributed by atoms with Gasteiger partial charge in [0.25, 0.3) is 0 Å². The van der Waals surface area contributed by atoms with Crippen LogP contribution in [0.4, 0.5) is 0 Å². The van der Waals surface area contributed by atoms with E-state index in [2.05, 4.69) is 24.0 Å². The van der Waals surface area contributed by atoms with Gasteiger partial charge in [-0.15, -0.1) is 0 Å². The van der Waals surface area contributed by atoms with Crippen LogP contribution in [-0.2, 0) is 13.6 Å². The van der Waals surface area contributed by atoms with Gasteiger partial charge in [-0.25, -0.2) is 9.13 Å². The zero-order valence-electron chi connectivity index (χ0n) is 7.81. The van der Waals surface area contributed by atoms with E-state index in [1.165, 1.54) is 11.9 Å². The first-order valence-electron chi connectivity index (χ1n) is 3.86. The Hall–Kier alpha value is -1.85. The SMILES string of the molecule is CCn1cc[n+](C)c1.N#CC=C=[N-]. The molecule has 0 N–H and O–H groups in total. The molecule has 68 valence electrons. The molecular weight excluding hydrogens is 164 g/mol. The molecule has 0 aliphatic rings. The Balaban J connectivity index is 0.000000252. The summed E-state index contributed by atoms with van der Waals surface area (Å²) in [7, 11) is 2.02. The lowest BCUT2D eigenvalue weighted by molar-refractivity contribution is -0.671. The maximum absolute atomic E-state index is 7.54. The molecule has 0 aliphatic heterocycles. The van der Waals surface area contributed by atoms with E-state index in [1.54, 1.807) is 0 Å². The third kappa shape index (κ3) is 5.42. The third-order valence-corrected chi connectivity index (χ3v) is 1.32. The molecule has 0 saturated heterocycles. The minimum Gasteiger partial charge on any atom is -0.763 e. The van der Waals surface area contributed by atoms with Crippen molar-refractivity contribution < 1.29 is 4.57 Å². The van der Waals surface area contributed by atoms with Gasteiger partial charge in [0.15, 0.2) is 0 Å². The number of aryl methyl sites for hydroxylation is 2. The van der Waals surface area contributed by atoms with Crippen molar-refractivity contribution >= 4 is 5.87 Å². The van der Waals surface area contributed by atoms with E-state index >= 15 is 0 Å². The first-order valence-corrected chi connectivity index (χ1v) is 3.86. The van der Waals surface area contributed by atoms with Crippen LogP contribution in [0, 0.1) is 11.3 Å². The summed E-state index contributed by atoms with van der Waals surface area (Å²) >= 11 is 0. The fourth-order valence-electron chi connectivity index (χ4n) is 0.718. The van der Waals surface area contributed by atoms with Crippen LogP contribution in [0.15, 0.2) is 24.8 Å². The van der Waals surface area contributed by atoms with Crippen molar-refractivity contribution in [2.45, 2.75) is 13.5 Å². The van der Waals surface area contributed by atoms with Gasteiger partial charge in [-0.1, -0.05) is 0 Å². The van der Waals surface area contributed by atoms with Crippen LogP contribution in [0.1, 0.15) is 6.92 Å². The zero-order valence-corrected chi connectivity index (χ0v) is 7.81. The standard InChI is InChI=1S/C6H11N2.C3HN2/c1-3-8-5-4-7(2)6-8;4-2-1-3-5/h4-6H,3H2,1-2H3;1H/q+1;-1. The lowest BCUT2D eigenvalue weighted by Gasteiger charge is -1.81. The predicted molar refractivity (Wildman–Crippen MR) is 49.8 cm³/mol. The number of hydrogen-bond acceptors (Lipinski definition) is 1. The molecule has 0 aromatic carbocycles. The molecule has 4 heteroatoms. The highest BCUT2D eigenvalue weighted by Gasteiger charge is 1.92. The second-order valence-electron chi connectivity index (χ2n) is 2.31. The fraction of sp³-hybridized carbons (Fsp3) is 0.333. The Labute approximate surface area is 77.9 Å². The van der Waals surface area contributed by atoms with Crippen molar-refractivity contribution in [1.82, 2.24) is 4.57 Å². The Morgan fingerprint density at radius 2 is 2.38 bits per heavy atom. The summed E-state index contributed by atoms with van der Waals surface area (Å²) < 4.78 is 4.16. The van der Waals surface area contributed by atoms with Crippen molar-refractivity contribution in [3.05, 3.63) is 30.2 Å². The van der Waals surface area contributed by atoms with E-state index in [-0.39, 0.29) is 0 Å². The van der Waals surface area contributed by atoms with Crippen LogP contribution < -0.4 is 4.57 Å². The quantitative estimate of drug-likeness (QED) is 0.352. The average molecular weight is 176 g/mol. The summed E-state index contributed by atoms with van der Waals surface area (Å²) in [5.41, 5.74) is 0. The van der Waals surface area contributed by atoms with Gasteiger partial charge in [-0.3, -0.25) is 5.87 Å². The molecule has 0 spiro atoms. The fourth-order valence-corrected chi connectivity index (χ4v) is 0.718. The maximum atomic E-state index is 7.54. The Morgan fingerprint density at radius 1 is 1.69 bits per heavy atom. The molecule has 0 fully saturated rings. The summed E-state index contributed by atoms with van der Waals surface area (Å²) in [4.78, 5) is 0. The van der Waals surface area contributed by atoms with Gasteiger partial charge in [0, 0.05) is 6.08 Å². The summed E-state index contributed by atoms with van der Waals surface area (Å²) in [5, 5.41) is 15.1. The molecule has 0 radical (unpaired) electrons. The van der Waals surface area contributed by atoms with Crippen molar-refractivity contribution in [1.29, 1.82) is 5.26 Å². The Bertz CT molecular complexity index is 326. The summed E-state index contributed by atoms with van der Waals surface area (Å²) in [6.45, 7) is 3.18. The van der Waals surface area contributed by atoms with Crippen molar-refractivity contribution in [2.75, 3.05) is 0 Å². The molecule has 4 nitrogen and oxygen atoms in total. The maximum Gasteiger partial charge on any atom is 0.243 e. The second kappa shape index (κ2) is 6.84. The average Bonchev–Trinajstić information content (AvgIpc) is 2.54. The zero-order chi connectivity index (χ0) is 10.1. The first kappa shape index (κ1) is 11.2. The normalized spacial score (nSPS) is 7.46. The smallest absolute Gasteiger partial charge is 0.243 e. The van der Waals surface area contributed by atoms with Gasteiger partial charge >= 0.3 is 0 Å². The number of imidazole rings is 1. The van der Waals surface area contributed by atoms with E-state index in [0.717, 1.165) is 12.6 Å². The topological polar surface area (TPSA) is 54.9 Å². The van der Waals surface area contributed by atoms with Crippen LogP contribution >= 0.6 is 0 Å². The van der Waals surface area contributed by atoms with Gasteiger partial charge < -0.3 is 5.41 Å². The molecule has 13 heavy (non-hydrogen) atoms. The van der Waals surface area contributed by atoms with Crippen LogP contribution in [0.5, 0.6) is 0 Å². The van der Waals surface area contributed by atoms with Gasteiger partial charge in [0.05, 0.1) is 19.7 Å². The van der Waals surface area contributed by atoms with Gasteiger partial charge in [-0.2, -0.15) is 5.26 Å². The predicted octanol–water partition coefficient (Wildman–Crippen LogP) is 0.638.